The average Bonchev–Trinajstić information content (AvgIpc) is 2.74. The molecule has 0 fully saturated rings. The maximum atomic E-state index is 13.0. The van der Waals surface area contributed by atoms with Gasteiger partial charge in [-0.3, -0.25) is 4.79 Å². The molecule has 3 nitrogen and oxygen atoms in total. The summed E-state index contributed by atoms with van der Waals surface area (Å²) in [5.74, 6) is -1.52. The van der Waals surface area contributed by atoms with Gasteiger partial charge in [-0.2, -0.15) is 13.2 Å². The van der Waals surface area contributed by atoms with Crippen LogP contribution in [0.3, 0.4) is 0 Å². The third-order valence-corrected chi connectivity index (χ3v) is 4.52. The largest absolute Gasteiger partial charge is 0.481 e. The van der Waals surface area contributed by atoms with Crippen LogP contribution in [0.2, 0.25) is 0 Å². The molecule has 0 aromatic heterocycles. The van der Waals surface area contributed by atoms with Crippen molar-refractivity contribution in [2.24, 2.45) is 5.92 Å². The quantitative estimate of drug-likeness (QED) is 0.895. The van der Waals surface area contributed by atoms with E-state index in [1.807, 2.05) is 35.2 Å². The molecular weight excluding hydrogens is 331 g/mol. The van der Waals surface area contributed by atoms with Crippen LogP contribution in [-0.4, -0.2) is 17.6 Å². The second-order valence-electron chi connectivity index (χ2n) is 6.28. The van der Waals surface area contributed by atoms with Crippen molar-refractivity contribution in [3.63, 3.8) is 0 Å². The minimum atomic E-state index is -4.40. The molecular formula is C19H18F3NO2. The number of hydrogen-bond acceptors (Lipinski definition) is 2. The number of carbonyl (C=O) groups is 1. The number of fused-ring (bicyclic) bond motifs is 1. The van der Waals surface area contributed by atoms with Gasteiger partial charge in [0.05, 0.1) is 11.5 Å². The Bertz CT molecular complexity index is 759. The van der Waals surface area contributed by atoms with Gasteiger partial charge in [0.1, 0.15) is 0 Å². The van der Waals surface area contributed by atoms with Crippen LogP contribution in [-0.2, 0) is 23.9 Å². The Morgan fingerprint density at radius 1 is 1.16 bits per heavy atom. The number of carboxylic acid groups (broad SMARTS) is 1. The van der Waals surface area contributed by atoms with Gasteiger partial charge in [-0.05, 0) is 42.2 Å². The lowest BCUT2D eigenvalue weighted by Crippen LogP contribution is -2.31. The van der Waals surface area contributed by atoms with E-state index < -0.39 is 23.6 Å². The van der Waals surface area contributed by atoms with Gasteiger partial charge in [-0.15, -0.1) is 0 Å². The Labute approximate surface area is 143 Å². The summed E-state index contributed by atoms with van der Waals surface area (Å²) in [6.45, 7) is 0.742. The fraction of sp³-hybridized carbons (Fsp3) is 0.316. The SMILES string of the molecule is O=C(O)C1CCc2cc(C(F)(F)F)ccc2N(Cc2ccccc2)C1. The Morgan fingerprint density at radius 3 is 2.52 bits per heavy atom. The third-order valence-electron chi connectivity index (χ3n) is 4.52. The van der Waals surface area contributed by atoms with E-state index in [0.717, 1.165) is 17.7 Å². The first kappa shape index (κ1) is 17.3. The normalized spacial score (nSPS) is 17.7. The summed E-state index contributed by atoms with van der Waals surface area (Å²) >= 11 is 0. The molecule has 0 amide bonds. The topological polar surface area (TPSA) is 40.5 Å². The van der Waals surface area contributed by atoms with Crippen molar-refractivity contribution in [3.8, 4) is 0 Å². The molecule has 2 aromatic carbocycles. The lowest BCUT2D eigenvalue weighted by Gasteiger charge is -2.27. The molecule has 1 N–H and O–H groups in total. The summed E-state index contributed by atoms with van der Waals surface area (Å²) < 4.78 is 39.0. The molecule has 0 saturated carbocycles. The summed E-state index contributed by atoms with van der Waals surface area (Å²) in [6, 6.07) is 13.2. The maximum absolute atomic E-state index is 13.0. The van der Waals surface area contributed by atoms with Crippen LogP contribution in [0.25, 0.3) is 0 Å². The van der Waals surface area contributed by atoms with Gasteiger partial charge >= 0.3 is 12.1 Å². The van der Waals surface area contributed by atoms with Crippen molar-refractivity contribution < 1.29 is 23.1 Å². The highest BCUT2D eigenvalue weighted by molar-refractivity contribution is 5.72. The highest BCUT2D eigenvalue weighted by atomic mass is 19.4. The van der Waals surface area contributed by atoms with E-state index in [2.05, 4.69) is 0 Å². The van der Waals surface area contributed by atoms with E-state index in [1.54, 1.807) is 0 Å². The van der Waals surface area contributed by atoms with Crippen LogP contribution in [0, 0.1) is 5.92 Å². The molecule has 1 atom stereocenters. The molecule has 2 aromatic rings. The Kier molecular flexibility index (Phi) is 4.70. The minimum Gasteiger partial charge on any atom is -0.481 e. The molecule has 1 unspecified atom stereocenters. The monoisotopic (exact) mass is 349 g/mol. The first-order chi connectivity index (χ1) is 11.8. The molecule has 0 spiro atoms. The molecule has 1 aliphatic rings. The second-order valence-corrected chi connectivity index (χ2v) is 6.28. The van der Waals surface area contributed by atoms with E-state index >= 15 is 0 Å². The van der Waals surface area contributed by atoms with E-state index in [1.165, 1.54) is 6.07 Å². The molecule has 6 heteroatoms. The van der Waals surface area contributed by atoms with Crippen LogP contribution in [0.5, 0.6) is 0 Å². The maximum Gasteiger partial charge on any atom is 0.416 e. The van der Waals surface area contributed by atoms with Crippen molar-refractivity contribution >= 4 is 11.7 Å². The highest BCUT2D eigenvalue weighted by Crippen LogP contribution is 2.36. The van der Waals surface area contributed by atoms with Gasteiger partial charge < -0.3 is 10.0 Å². The van der Waals surface area contributed by atoms with Gasteiger partial charge in [-0.25, -0.2) is 0 Å². The molecule has 1 aliphatic heterocycles. The molecule has 0 bridgehead atoms. The number of halogens is 3. The standard InChI is InChI=1S/C19H18F3NO2/c20-19(21,22)16-8-9-17-14(10-16)6-7-15(18(24)25)12-23(17)11-13-4-2-1-3-5-13/h1-5,8-10,15H,6-7,11-12H2,(H,24,25). The van der Waals surface area contributed by atoms with Gasteiger partial charge in [0.2, 0.25) is 0 Å². The third kappa shape index (κ3) is 3.95. The predicted octanol–water partition coefficient (Wildman–Crippen LogP) is 4.36. The van der Waals surface area contributed by atoms with Crippen LogP contribution >= 0.6 is 0 Å². The van der Waals surface area contributed by atoms with Crippen LogP contribution in [0.15, 0.2) is 48.5 Å². The fourth-order valence-corrected chi connectivity index (χ4v) is 3.21. The van der Waals surface area contributed by atoms with Crippen molar-refractivity contribution in [2.75, 3.05) is 11.4 Å². The van der Waals surface area contributed by atoms with Crippen molar-refractivity contribution in [2.45, 2.75) is 25.6 Å². The highest BCUT2D eigenvalue weighted by Gasteiger charge is 2.33. The zero-order chi connectivity index (χ0) is 18.0. The zero-order valence-electron chi connectivity index (χ0n) is 13.5. The summed E-state index contributed by atoms with van der Waals surface area (Å²) in [4.78, 5) is 13.3. The molecule has 132 valence electrons. The van der Waals surface area contributed by atoms with E-state index in [-0.39, 0.29) is 6.54 Å². The van der Waals surface area contributed by atoms with Gasteiger partial charge in [0.25, 0.3) is 0 Å². The average molecular weight is 349 g/mol. The number of anilines is 1. The van der Waals surface area contributed by atoms with E-state index in [4.69, 9.17) is 0 Å². The first-order valence-electron chi connectivity index (χ1n) is 8.06. The van der Waals surface area contributed by atoms with Gasteiger partial charge in [0, 0.05) is 18.8 Å². The van der Waals surface area contributed by atoms with Crippen LogP contribution in [0.4, 0.5) is 18.9 Å². The summed E-state index contributed by atoms with van der Waals surface area (Å²) in [7, 11) is 0. The molecule has 0 saturated heterocycles. The fourth-order valence-electron chi connectivity index (χ4n) is 3.21. The number of carboxylic acids is 1. The summed E-state index contributed by atoms with van der Waals surface area (Å²) in [5, 5.41) is 9.40. The smallest absolute Gasteiger partial charge is 0.416 e. The summed E-state index contributed by atoms with van der Waals surface area (Å²) in [5.41, 5.74) is 1.52. The lowest BCUT2D eigenvalue weighted by atomic mass is 10.00. The van der Waals surface area contributed by atoms with Crippen molar-refractivity contribution in [3.05, 3.63) is 65.2 Å². The Morgan fingerprint density at radius 2 is 1.88 bits per heavy atom. The number of benzene rings is 2. The van der Waals surface area contributed by atoms with Gasteiger partial charge in [-0.1, -0.05) is 30.3 Å². The van der Waals surface area contributed by atoms with E-state index in [0.29, 0.717) is 30.6 Å². The first-order valence-corrected chi connectivity index (χ1v) is 8.06. The number of hydrogen-bond donors (Lipinski definition) is 1. The number of aryl methyl sites for hydroxylation is 1. The molecule has 1 heterocycles. The zero-order valence-corrected chi connectivity index (χ0v) is 13.5. The van der Waals surface area contributed by atoms with Crippen LogP contribution in [0.1, 0.15) is 23.1 Å². The Hall–Kier alpha value is -2.50. The van der Waals surface area contributed by atoms with Crippen molar-refractivity contribution in [1.82, 2.24) is 0 Å². The number of aliphatic carboxylic acids is 1. The lowest BCUT2D eigenvalue weighted by molar-refractivity contribution is -0.141. The molecule has 25 heavy (non-hydrogen) atoms. The second kappa shape index (κ2) is 6.78. The molecule has 3 rings (SSSR count). The van der Waals surface area contributed by atoms with Crippen molar-refractivity contribution in [1.29, 1.82) is 0 Å². The predicted molar refractivity (Wildman–Crippen MR) is 88.4 cm³/mol. The van der Waals surface area contributed by atoms with Gasteiger partial charge in [0.15, 0.2) is 0 Å². The Balaban J connectivity index is 1.98. The minimum absolute atomic E-state index is 0.280. The number of rotatable bonds is 3. The molecule has 0 radical (unpaired) electrons. The number of nitrogens with zero attached hydrogens (tertiary/aromatic N) is 1. The number of alkyl halides is 3. The molecule has 0 aliphatic carbocycles. The van der Waals surface area contributed by atoms with E-state index in [9.17, 15) is 23.1 Å². The summed E-state index contributed by atoms with van der Waals surface area (Å²) in [6.07, 6.45) is -3.76. The van der Waals surface area contributed by atoms with Crippen LogP contribution < -0.4 is 4.90 Å².